The van der Waals surface area contributed by atoms with Gasteiger partial charge in [-0.05, 0) is 62.1 Å². The van der Waals surface area contributed by atoms with Gasteiger partial charge in [-0.3, -0.25) is 13.9 Å². The van der Waals surface area contributed by atoms with Crippen LogP contribution in [-0.4, -0.2) is 44.3 Å². The summed E-state index contributed by atoms with van der Waals surface area (Å²) in [6.07, 6.45) is 1.16. The van der Waals surface area contributed by atoms with Gasteiger partial charge in [0.2, 0.25) is 11.8 Å². The van der Waals surface area contributed by atoms with E-state index in [2.05, 4.69) is 5.32 Å². The molecule has 1 N–H and O–H groups in total. The Labute approximate surface area is 226 Å². The second-order valence-electron chi connectivity index (χ2n) is 9.32. The van der Waals surface area contributed by atoms with Gasteiger partial charge in [0.15, 0.2) is 0 Å². The summed E-state index contributed by atoms with van der Waals surface area (Å²) in [4.78, 5) is 28.7. The molecule has 0 bridgehead atoms. The Balaban J connectivity index is 2.03. The number of para-hydroxylation sites is 1. The summed E-state index contributed by atoms with van der Waals surface area (Å²) in [6, 6.07) is 22.1. The van der Waals surface area contributed by atoms with Crippen molar-refractivity contribution in [2.24, 2.45) is 0 Å². The topological polar surface area (TPSA) is 86.8 Å². The van der Waals surface area contributed by atoms with Gasteiger partial charge < -0.3 is 10.2 Å². The second-order valence-corrected chi connectivity index (χ2v) is 11.2. The molecular weight excluding hydrogens is 498 g/mol. The molecule has 0 aromatic heterocycles. The van der Waals surface area contributed by atoms with Crippen LogP contribution in [0.1, 0.15) is 43.4 Å². The first-order valence-electron chi connectivity index (χ1n) is 12.9. The van der Waals surface area contributed by atoms with Gasteiger partial charge in [0.1, 0.15) is 12.6 Å². The van der Waals surface area contributed by atoms with E-state index < -0.39 is 28.5 Å². The van der Waals surface area contributed by atoms with E-state index in [0.29, 0.717) is 18.7 Å². The number of anilines is 1. The highest BCUT2D eigenvalue weighted by Crippen LogP contribution is 2.25. The molecule has 202 valence electrons. The van der Waals surface area contributed by atoms with Crippen LogP contribution in [0.5, 0.6) is 0 Å². The fourth-order valence-electron chi connectivity index (χ4n) is 4.22. The lowest BCUT2D eigenvalue weighted by Gasteiger charge is -2.33. The van der Waals surface area contributed by atoms with Gasteiger partial charge in [0.05, 0.1) is 10.6 Å². The standard InChI is InChI=1S/C30H37N3O4S/c1-5-20-31-30(35)28(6-2)32(21-25-13-11-10-12-24(25)4)29(34)22-33(26-14-8-7-9-15-26)38(36,37)27-18-16-23(3)17-19-27/h7-19,28H,5-6,20-22H2,1-4H3,(H,31,35)/t28-/m0/s1. The summed E-state index contributed by atoms with van der Waals surface area (Å²) in [5.74, 6) is -0.699. The van der Waals surface area contributed by atoms with Crippen LogP contribution in [0, 0.1) is 13.8 Å². The Morgan fingerprint density at radius 3 is 2.11 bits per heavy atom. The number of nitrogens with one attached hydrogen (secondary N) is 1. The Morgan fingerprint density at radius 2 is 1.50 bits per heavy atom. The molecule has 0 saturated heterocycles. The number of carbonyl (C=O) groups excluding carboxylic acids is 2. The van der Waals surface area contributed by atoms with Crippen molar-refractivity contribution in [2.75, 3.05) is 17.4 Å². The van der Waals surface area contributed by atoms with Gasteiger partial charge in [-0.1, -0.05) is 74.0 Å². The summed E-state index contributed by atoms with van der Waals surface area (Å²) in [5, 5.41) is 2.90. The summed E-state index contributed by atoms with van der Waals surface area (Å²) in [5.41, 5.74) is 3.19. The number of hydrogen-bond acceptors (Lipinski definition) is 4. The van der Waals surface area contributed by atoms with E-state index in [9.17, 15) is 18.0 Å². The van der Waals surface area contributed by atoms with Crippen molar-refractivity contribution in [1.29, 1.82) is 0 Å². The van der Waals surface area contributed by atoms with Crippen molar-refractivity contribution in [1.82, 2.24) is 10.2 Å². The average Bonchev–Trinajstić information content (AvgIpc) is 2.92. The average molecular weight is 536 g/mol. The minimum absolute atomic E-state index is 0.0953. The van der Waals surface area contributed by atoms with E-state index in [1.54, 1.807) is 54.6 Å². The molecule has 3 aromatic rings. The lowest BCUT2D eigenvalue weighted by Crippen LogP contribution is -2.52. The van der Waals surface area contributed by atoms with Crippen LogP contribution < -0.4 is 9.62 Å². The third-order valence-corrected chi connectivity index (χ3v) is 8.26. The van der Waals surface area contributed by atoms with Crippen LogP contribution in [0.2, 0.25) is 0 Å². The molecule has 2 amide bonds. The van der Waals surface area contributed by atoms with Gasteiger partial charge in [0.25, 0.3) is 10.0 Å². The molecule has 0 spiro atoms. The molecule has 0 aliphatic heterocycles. The number of aryl methyl sites for hydroxylation is 2. The number of rotatable bonds is 12. The van der Waals surface area contributed by atoms with Crippen molar-refractivity contribution >= 4 is 27.5 Å². The summed E-state index contributed by atoms with van der Waals surface area (Å²) >= 11 is 0. The lowest BCUT2D eigenvalue weighted by atomic mass is 10.1. The molecule has 8 heteroatoms. The van der Waals surface area contributed by atoms with Gasteiger partial charge in [-0.25, -0.2) is 8.42 Å². The smallest absolute Gasteiger partial charge is 0.264 e. The Hall–Kier alpha value is -3.65. The predicted molar refractivity (Wildman–Crippen MR) is 151 cm³/mol. The van der Waals surface area contributed by atoms with Crippen molar-refractivity contribution < 1.29 is 18.0 Å². The minimum Gasteiger partial charge on any atom is -0.354 e. The Morgan fingerprint density at radius 1 is 0.868 bits per heavy atom. The van der Waals surface area contributed by atoms with E-state index >= 15 is 0 Å². The van der Waals surface area contributed by atoms with Crippen LogP contribution in [-0.2, 0) is 26.2 Å². The Kier molecular flexibility index (Phi) is 10.1. The molecule has 1 atom stereocenters. The minimum atomic E-state index is -4.06. The fraction of sp³-hybridized carbons (Fsp3) is 0.333. The van der Waals surface area contributed by atoms with Crippen molar-refractivity contribution in [3.8, 4) is 0 Å². The lowest BCUT2D eigenvalue weighted by molar-refractivity contribution is -0.140. The predicted octanol–water partition coefficient (Wildman–Crippen LogP) is 4.83. The molecule has 0 unspecified atom stereocenters. The van der Waals surface area contributed by atoms with Crippen LogP contribution in [0.15, 0.2) is 83.8 Å². The number of hydrogen-bond donors (Lipinski definition) is 1. The molecule has 0 fully saturated rings. The first-order valence-corrected chi connectivity index (χ1v) is 14.4. The normalized spacial score (nSPS) is 12.0. The van der Waals surface area contributed by atoms with Crippen LogP contribution in [0.3, 0.4) is 0 Å². The Bertz CT molecular complexity index is 1330. The maximum Gasteiger partial charge on any atom is 0.264 e. The third kappa shape index (κ3) is 7.01. The molecule has 7 nitrogen and oxygen atoms in total. The quantitative estimate of drug-likeness (QED) is 0.360. The molecule has 3 aromatic carbocycles. The highest BCUT2D eigenvalue weighted by Gasteiger charge is 2.33. The van der Waals surface area contributed by atoms with Crippen molar-refractivity contribution in [2.45, 2.75) is 58.0 Å². The summed E-state index contributed by atoms with van der Waals surface area (Å²) in [6.45, 7) is 7.90. The number of nitrogens with zero attached hydrogens (tertiary/aromatic N) is 2. The van der Waals surface area contributed by atoms with E-state index in [4.69, 9.17) is 0 Å². The number of sulfonamides is 1. The molecule has 3 rings (SSSR count). The first-order chi connectivity index (χ1) is 18.2. The zero-order valence-corrected chi connectivity index (χ0v) is 23.4. The van der Waals surface area contributed by atoms with Crippen LogP contribution in [0.25, 0.3) is 0 Å². The van der Waals surface area contributed by atoms with Crippen molar-refractivity contribution in [3.05, 3.63) is 95.6 Å². The number of amides is 2. The monoisotopic (exact) mass is 535 g/mol. The zero-order chi connectivity index (χ0) is 27.7. The second kappa shape index (κ2) is 13.2. The maximum absolute atomic E-state index is 14.0. The molecule has 38 heavy (non-hydrogen) atoms. The molecule has 0 heterocycles. The van der Waals surface area contributed by atoms with Crippen molar-refractivity contribution in [3.63, 3.8) is 0 Å². The van der Waals surface area contributed by atoms with Crippen LogP contribution >= 0.6 is 0 Å². The SMILES string of the molecule is CCCNC(=O)[C@H](CC)N(Cc1ccccc1C)C(=O)CN(c1ccccc1)S(=O)(=O)c1ccc(C)cc1. The van der Waals surface area contributed by atoms with E-state index in [1.807, 2.05) is 52.0 Å². The van der Waals surface area contributed by atoms with E-state index in [-0.39, 0.29) is 17.3 Å². The van der Waals surface area contributed by atoms with Gasteiger partial charge in [-0.2, -0.15) is 0 Å². The molecular formula is C30H37N3O4S. The summed E-state index contributed by atoms with van der Waals surface area (Å²) in [7, 11) is -4.06. The van der Waals surface area contributed by atoms with E-state index in [0.717, 1.165) is 27.4 Å². The largest absolute Gasteiger partial charge is 0.354 e. The number of carbonyl (C=O) groups is 2. The first kappa shape index (κ1) is 28.9. The highest BCUT2D eigenvalue weighted by molar-refractivity contribution is 7.92. The molecule has 0 aliphatic carbocycles. The summed E-state index contributed by atoms with van der Waals surface area (Å²) < 4.78 is 28.7. The zero-order valence-electron chi connectivity index (χ0n) is 22.6. The van der Waals surface area contributed by atoms with Gasteiger partial charge in [0, 0.05) is 13.1 Å². The van der Waals surface area contributed by atoms with Gasteiger partial charge >= 0.3 is 0 Å². The number of benzene rings is 3. The molecule has 0 saturated carbocycles. The highest BCUT2D eigenvalue weighted by atomic mass is 32.2. The maximum atomic E-state index is 14.0. The van der Waals surface area contributed by atoms with Crippen LogP contribution in [0.4, 0.5) is 5.69 Å². The molecule has 0 aliphatic rings. The third-order valence-electron chi connectivity index (χ3n) is 6.47. The van der Waals surface area contributed by atoms with E-state index in [1.165, 1.54) is 4.90 Å². The van der Waals surface area contributed by atoms with Gasteiger partial charge in [-0.15, -0.1) is 0 Å². The molecule has 0 radical (unpaired) electrons. The fourth-order valence-corrected chi connectivity index (χ4v) is 5.63.